The molecule has 0 aliphatic carbocycles. The van der Waals surface area contributed by atoms with Gasteiger partial charge in [-0.2, -0.15) is 0 Å². The number of ether oxygens (including phenoxy) is 1. The third-order valence-electron chi connectivity index (χ3n) is 4.74. The monoisotopic (exact) mass is 400 g/mol. The molecule has 2 aromatic carbocycles. The van der Waals surface area contributed by atoms with Crippen LogP contribution in [0.15, 0.2) is 60.7 Å². The minimum Gasteiger partial charge on any atom is -0.479 e. The second kappa shape index (κ2) is 8.71. The van der Waals surface area contributed by atoms with Crippen molar-refractivity contribution in [2.75, 3.05) is 0 Å². The first kappa shape index (κ1) is 21.9. The number of benzene rings is 2. The lowest BCUT2D eigenvalue weighted by Gasteiger charge is -2.44. The smallest absolute Gasteiger partial charge is 0.344 e. The van der Waals surface area contributed by atoms with Crippen molar-refractivity contribution in [1.29, 1.82) is 0 Å². The molecular formula is C22H28O5Si. The van der Waals surface area contributed by atoms with Crippen LogP contribution < -0.4 is 10.4 Å². The molecule has 0 amide bonds. The van der Waals surface area contributed by atoms with Crippen LogP contribution in [0.25, 0.3) is 0 Å². The highest BCUT2D eigenvalue weighted by Gasteiger charge is 2.52. The fraction of sp³-hybridized carbons (Fsp3) is 0.364. The zero-order valence-electron chi connectivity index (χ0n) is 17.0. The van der Waals surface area contributed by atoms with E-state index in [0.29, 0.717) is 0 Å². The molecule has 0 saturated heterocycles. The molecule has 28 heavy (non-hydrogen) atoms. The molecule has 0 aromatic heterocycles. The van der Waals surface area contributed by atoms with Crippen LogP contribution in [0.4, 0.5) is 0 Å². The number of carbonyl (C=O) groups is 2. The lowest BCUT2D eigenvalue weighted by atomic mass is 10.2. The Balaban J connectivity index is 2.53. The van der Waals surface area contributed by atoms with Crippen LogP contribution in [0.2, 0.25) is 5.04 Å². The minimum absolute atomic E-state index is 0.289. The quantitative estimate of drug-likeness (QED) is 0.571. The highest BCUT2D eigenvalue weighted by molar-refractivity contribution is 6.99. The summed E-state index contributed by atoms with van der Waals surface area (Å²) in [6.45, 7) is 9.28. The van der Waals surface area contributed by atoms with Gasteiger partial charge in [-0.1, -0.05) is 81.4 Å². The van der Waals surface area contributed by atoms with E-state index in [2.05, 4.69) is 20.8 Å². The molecule has 0 bridgehead atoms. The van der Waals surface area contributed by atoms with Gasteiger partial charge in [-0.3, -0.25) is 0 Å². The standard InChI is InChI=1S/C22H28O5Si/c1-16(20(23)24)26-21(25)17(2)27-28(22(3,4)5,18-12-8-6-9-13-18)19-14-10-7-11-15-19/h6-17H,1-5H3,(H,23,24)/t16-,17-/m1/s1. The van der Waals surface area contributed by atoms with E-state index in [1.54, 1.807) is 6.92 Å². The Morgan fingerprint density at radius 1 is 0.857 bits per heavy atom. The molecule has 2 atom stereocenters. The van der Waals surface area contributed by atoms with Crippen molar-refractivity contribution in [2.24, 2.45) is 0 Å². The molecular weight excluding hydrogens is 372 g/mol. The van der Waals surface area contributed by atoms with Crippen LogP contribution in [-0.4, -0.2) is 37.6 Å². The molecule has 0 heterocycles. The van der Waals surface area contributed by atoms with Gasteiger partial charge in [0, 0.05) is 0 Å². The van der Waals surface area contributed by atoms with Gasteiger partial charge < -0.3 is 14.3 Å². The predicted molar refractivity (Wildman–Crippen MR) is 111 cm³/mol. The first-order valence-corrected chi connectivity index (χ1v) is 11.2. The van der Waals surface area contributed by atoms with Gasteiger partial charge >= 0.3 is 11.9 Å². The molecule has 0 radical (unpaired) electrons. The van der Waals surface area contributed by atoms with E-state index >= 15 is 0 Å². The van der Waals surface area contributed by atoms with Gasteiger partial charge in [0.1, 0.15) is 6.10 Å². The normalized spacial score (nSPS) is 14.2. The zero-order valence-corrected chi connectivity index (χ0v) is 18.0. The molecule has 6 heteroatoms. The van der Waals surface area contributed by atoms with Crippen molar-refractivity contribution < 1.29 is 23.9 Å². The number of carbonyl (C=O) groups excluding carboxylic acids is 1. The van der Waals surface area contributed by atoms with Gasteiger partial charge in [-0.05, 0) is 29.3 Å². The minimum atomic E-state index is -2.90. The topological polar surface area (TPSA) is 72.8 Å². The molecule has 0 unspecified atom stereocenters. The summed E-state index contributed by atoms with van der Waals surface area (Å²) in [5.74, 6) is -1.87. The van der Waals surface area contributed by atoms with Crippen molar-refractivity contribution in [3.63, 3.8) is 0 Å². The van der Waals surface area contributed by atoms with Gasteiger partial charge in [0.15, 0.2) is 6.10 Å². The highest BCUT2D eigenvalue weighted by Crippen LogP contribution is 2.37. The number of aliphatic carboxylic acids is 1. The number of rotatable bonds is 7. The summed E-state index contributed by atoms with van der Waals surface area (Å²) in [7, 11) is -2.90. The summed E-state index contributed by atoms with van der Waals surface area (Å²) in [6.07, 6.45) is -2.13. The summed E-state index contributed by atoms with van der Waals surface area (Å²) in [6, 6.07) is 19.9. The van der Waals surface area contributed by atoms with Crippen molar-refractivity contribution >= 4 is 30.6 Å². The second-order valence-corrected chi connectivity index (χ2v) is 12.1. The number of carboxylic acids is 1. The largest absolute Gasteiger partial charge is 0.479 e. The third kappa shape index (κ3) is 4.51. The Hall–Kier alpha value is -2.44. The fourth-order valence-electron chi connectivity index (χ4n) is 3.33. The lowest BCUT2D eigenvalue weighted by Crippen LogP contribution is -2.68. The number of hydrogen-bond donors (Lipinski definition) is 1. The van der Waals surface area contributed by atoms with E-state index in [9.17, 15) is 9.59 Å². The molecule has 0 fully saturated rings. The molecule has 0 saturated carbocycles. The van der Waals surface area contributed by atoms with E-state index in [-0.39, 0.29) is 5.04 Å². The Morgan fingerprint density at radius 3 is 1.64 bits per heavy atom. The van der Waals surface area contributed by atoms with Crippen LogP contribution in [0.5, 0.6) is 0 Å². The number of esters is 1. The van der Waals surface area contributed by atoms with Gasteiger partial charge in [0.25, 0.3) is 8.32 Å². The van der Waals surface area contributed by atoms with Gasteiger partial charge in [-0.25, -0.2) is 9.59 Å². The predicted octanol–water partition coefficient (Wildman–Crippen LogP) is 2.97. The molecule has 0 aliphatic heterocycles. The van der Waals surface area contributed by atoms with Crippen molar-refractivity contribution in [3.8, 4) is 0 Å². The van der Waals surface area contributed by atoms with Crippen molar-refractivity contribution in [2.45, 2.75) is 51.9 Å². The molecule has 0 aliphatic rings. The highest BCUT2D eigenvalue weighted by atomic mass is 28.4. The Bertz CT molecular complexity index is 759. The summed E-state index contributed by atoms with van der Waals surface area (Å²) < 4.78 is 11.7. The molecule has 0 spiro atoms. The third-order valence-corrected chi connectivity index (χ3v) is 9.86. The molecule has 2 aromatic rings. The maximum absolute atomic E-state index is 12.5. The number of carboxylic acid groups (broad SMARTS) is 1. The SMILES string of the molecule is C[C@@H](OC(=O)[C@@H](C)O[Si](c1ccccc1)(c1ccccc1)C(C)(C)C)C(=O)O. The first-order valence-electron chi connectivity index (χ1n) is 9.31. The molecule has 2 rings (SSSR count). The van der Waals surface area contributed by atoms with Crippen LogP contribution in [-0.2, 0) is 18.8 Å². The average molecular weight is 401 g/mol. The van der Waals surface area contributed by atoms with Crippen LogP contribution in [0, 0.1) is 0 Å². The second-order valence-electron chi connectivity index (χ2n) is 7.84. The Labute approximate surface area is 167 Å². The maximum Gasteiger partial charge on any atom is 0.344 e. The van der Waals surface area contributed by atoms with Crippen LogP contribution in [0.3, 0.4) is 0 Å². The zero-order chi connectivity index (χ0) is 20.9. The molecule has 1 N–H and O–H groups in total. The lowest BCUT2D eigenvalue weighted by molar-refractivity contribution is -0.167. The summed E-state index contributed by atoms with van der Waals surface area (Å²) in [4.78, 5) is 23.6. The number of hydrogen-bond acceptors (Lipinski definition) is 4. The van der Waals surface area contributed by atoms with E-state index in [0.717, 1.165) is 10.4 Å². The Kier molecular flexibility index (Phi) is 6.80. The summed E-state index contributed by atoms with van der Waals surface area (Å²) >= 11 is 0. The van der Waals surface area contributed by atoms with E-state index in [4.69, 9.17) is 14.3 Å². The molecule has 150 valence electrons. The van der Waals surface area contributed by atoms with Crippen LogP contribution in [0.1, 0.15) is 34.6 Å². The van der Waals surface area contributed by atoms with Gasteiger partial charge in [-0.15, -0.1) is 0 Å². The maximum atomic E-state index is 12.5. The molecule has 5 nitrogen and oxygen atoms in total. The van der Waals surface area contributed by atoms with Crippen molar-refractivity contribution in [1.82, 2.24) is 0 Å². The van der Waals surface area contributed by atoms with E-state index in [1.807, 2.05) is 60.7 Å². The van der Waals surface area contributed by atoms with E-state index in [1.165, 1.54) is 6.92 Å². The average Bonchev–Trinajstić information content (AvgIpc) is 2.66. The summed E-state index contributed by atoms with van der Waals surface area (Å²) in [5.41, 5.74) is 0. The van der Waals surface area contributed by atoms with Gasteiger partial charge in [0.05, 0.1) is 0 Å². The van der Waals surface area contributed by atoms with E-state index < -0.39 is 32.5 Å². The van der Waals surface area contributed by atoms with Crippen LogP contribution >= 0.6 is 0 Å². The Morgan fingerprint density at radius 2 is 1.29 bits per heavy atom. The first-order chi connectivity index (χ1) is 13.1. The summed E-state index contributed by atoms with van der Waals surface area (Å²) in [5, 5.41) is 10.8. The fourth-order valence-corrected chi connectivity index (χ4v) is 7.97. The van der Waals surface area contributed by atoms with Crippen molar-refractivity contribution in [3.05, 3.63) is 60.7 Å². The van der Waals surface area contributed by atoms with Gasteiger partial charge in [0.2, 0.25) is 0 Å².